The van der Waals surface area contributed by atoms with Crippen LogP contribution in [0.2, 0.25) is 0 Å². The van der Waals surface area contributed by atoms with Gasteiger partial charge in [0.2, 0.25) is 0 Å². The van der Waals surface area contributed by atoms with Crippen LogP contribution >= 0.6 is 33.9 Å². The first-order valence-electron chi connectivity index (χ1n) is 13.2. The number of allylic oxidation sites excluding steroid dienone is 1. The van der Waals surface area contributed by atoms with Gasteiger partial charge in [-0.3, -0.25) is 9.36 Å². The van der Waals surface area contributed by atoms with Crippen LogP contribution in [0.15, 0.2) is 57.5 Å². The predicted molar refractivity (Wildman–Crippen MR) is 164 cm³/mol. The van der Waals surface area contributed by atoms with E-state index in [1.807, 2.05) is 44.2 Å². The Labute approximate surface area is 255 Å². The lowest BCUT2D eigenvalue weighted by molar-refractivity contribution is -0.145. The summed E-state index contributed by atoms with van der Waals surface area (Å²) in [5, 5.41) is 0. The molecule has 0 radical (unpaired) electrons. The molecule has 0 amide bonds. The normalized spacial score (nSPS) is 14.8. The number of ether oxygens (including phenoxy) is 4. The number of rotatable bonds is 10. The quantitative estimate of drug-likeness (QED) is 0.234. The van der Waals surface area contributed by atoms with Crippen molar-refractivity contribution in [2.45, 2.75) is 40.7 Å². The fourth-order valence-corrected chi connectivity index (χ4v) is 6.24. The number of halogens is 1. The van der Waals surface area contributed by atoms with Crippen molar-refractivity contribution in [3.05, 3.63) is 87.6 Å². The number of fused-ring (bicyclic) bond motifs is 1. The molecule has 0 saturated carbocycles. The molecule has 0 spiro atoms. The van der Waals surface area contributed by atoms with Gasteiger partial charge in [0.1, 0.15) is 0 Å². The summed E-state index contributed by atoms with van der Waals surface area (Å²) in [4.78, 5) is 43.9. The predicted octanol–water partition coefficient (Wildman–Crippen LogP) is 4.05. The highest BCUT2D eigenvalue weighted by Gasteiger charge is 2.33. The number of aromatic nitrogens is 1. The van der Waals surface area contributed by atoms with Crippen LogP contribution in [0.25, 0.3) is 6.08 Å². The van der Waals surface area contributed by atoms with E-state index in [-0.39, 0.29) is 25.4 Å². The van der Waals surface area contributed by atoms with Gasteiger partial charge in [-0.05, 0) is 86.5 Å². The van der Waals surface area contributed by atoms with Gasteiger partial charge in [-0.2, -0.15) is 0 Å². The molecular weight excluding hydrogens is 659 g/mol. The molecule has 1 atom stereocenters. The molecule has 0 bridgehead atoms. The van der Waals surface area contributed by atoms with Crippen molar-refractivity contribution in [1.29, 1.82) is 0 Å². The number of carbonyl (C=O) groups is 2. The summed E-state index contributed by atoms with van der Waals surface area (Å²) in [6.45, 7) is 9.67. The van der Waals surface area contributed by atoms with Crippen molar-refractivity contribution >= 4 is 51.9 Å². The average Bonchev–Trinajstić information content (AvgIpc) is 3.22. The first-order valence-corrected chi connectivity index (χ1v) is 15.1. The van der Waals surface area contributed by atoms with Crippen LogP contribution in [0.1, 0.15) is 50.4 Å². The Balaban J connectivity index is 1.83. The molecule has 9 nitrogen and oxygen atoms in total. The standard InChI is InChI=1S/C30H31IN2O7S/c1-6-37-22-14-19(13-21(31)27(22)40-16-24(34)38-7-2)15-23-28(35)33-26(20-11-9-17(4)10-12-20)25(29(36)39-8-3)18(5)32-30(33)41-23/h9-15,26H,6-8,16H2,1-5H3/b23-15+/t26-/m0/s1. The maximum atomic E-state index is 13.9. The minimum absolute atomic E-state index is 0.209. The van der Waals surface area contributed by atoms with E-state index < -0.39 is 18.0 Å². The van der Waals surface area contributed by atoms with Crippen molar-refractivity contribution in [2.75, 3.05) is 26.4 Å². The Morgan fingerprint density at radius 1 is 1.02 bits per heavy atom. The second-order valence-electron chi connectivity index (χ2n) is 9.07. The van der Waals surface area contributed by atoms with Crippen molar-refractivity contribution in [2.24, 2.45) is 4.99 Å². The van der Waals surface area contributed by atoms with E-state index >= 15 is 0 Å². The third kappa shape index (κ3) is 6.72. The average molecular weight is 691 g/mol. The molecule has 11 heteroatoms. The number of aryl methyl sites for hydroxylation is 1. The molecule has 2 aromatic carbocycles. The minimum Gasteiger partial charge on any atom is -0.490 e. The highest BCUT2D eigenvalue weighted by atomic mass is 127. The molecule has 0 fully saturated rings. The largest absolute Gasteiger partial charge is 0.490 e. The Kier molecular flexibility index (Phi) is 10.0. The maximum Gasteiger partial charge on any atom is 0.344 e. The zero-order valence-corrected chi connectivity index (χ0v) is 26.5. The van der Waals surface area contributed by atoms with Gasteiger partial charge in [-0.25, -0.2) is 14.6 Å². The lowest BCUT2D eigenvalue weighted by atomic mass is 9.95. The maximum absolute atomic E-state index is 13.9. The zero-order chi connectivity index (χ0) is 29.7. The second kappa shape index (κ2) is 13.5. The third-order valence-electron chi connectivity index (χ3n) is 6.18. The van der Waals surface area contributed by atoms with Gasteiger partial charge >= 0.3 is 11.9 Å². The number of benzene rings is 2. The molecule has 216 valence electrons. The van der Waals surface area contributed by atoms with Crippen molar-refractivity contribution in [3.8, 4) is 11.5 Å². The van der Waals surface area contributed by atoms with E-state index in [9.17, 15) is 14.4 Å². The number of esters is 2. The summed E-state index contributed by atoms with van der Waals surface area (Å²) in [6, 6.07) is 10.7. The lowest BCUT2D eigenvalue weighted by Gasteiger charge is -2.24. The van der Waals surface area contributed by atoms with Crippen molar-refractivity contribution < 1.29 is 28.5 Å². The Morgan fingerprint density at radius 2 is 1.73 bits per heavy atom. The minimum atomic E-state index is -0.675. The molecule has 0 aliphatic carbocycles. The summed E-state index contributed by atoms with van der Waals surface area (Å²) in [6.07, 6.45) is 1.76. The molecule has 0 saturated heterocycles. The van der Waals surface area contributed by atoms with Crippen LogP contribution in [0.3, 0.4) is 0 Å². The van der Waals surface area contributed by atoms with Gasteiger partial charge < -0.3 is 18.9 Å². The van der Waals surface area contributed by atoms with Crippen molar-refractivity contribution in [3.63, 3.8) is 0 Å². The fraction of sp³-hybridized carbons (Fsp3) is 0.333. The molecule has 41 heavy (non-hydrogen) atoms. The molecule has 2 heterocycles. The van der Waals surface area contributed by atoms with Crippen molar-refractivity contribution in [1.82, 2.24) is 4.57 Å². The van der Waals surface area contributed by atoms with Gasteiger partial charge in [0.25, 0.3) is 5.56 Å². The van der Waals surface area contributed by atoms with E-state index in [4.69, 9.17) is 18.9 Å². The molecule has 3 aromatic rings. The molecule has 4 rings (SSSR count). The first-order chi connectivity index (χ1) is 19.7. The Hall–Kier alpha value is -3.45. The first kappa shape index (κ1) is 30.5. The third-order valence-corrected chi connectivity index (χ3v) is 7.96. The van der Waals surface area contributed by atoms with Crippen LogP contribution in [0.5, 0.6) is 11.5 Å². The number of nitrogens with zero attached hydrogens (tertiary/aromatic N) is 2. The molecule has 1 aliphatic heterocycles. The topological polar surface area (TPSA) is 105 Å². The Morgan fingerprint density at radius 3 is 2.39 bits per heavy atom. The summed E-state index contributed by atoms with van der Waals surface area (Å²) < 4.78 is 24.5. The molecular formula is C30H31IN2O7S. The van der Waals surface area contributed by atoms with Crippen LogP contribution in [-0.2, 0) is 19.1 Å². The van der Waals surface area contributed by atoms with Crippen LogP contribution in [-0.4, -0.2) is 42.9 Å². The van der Waals surface area contributed by atoms with E-state index in [0.717, 1.165) is 11.1 Å². The van der Waals surface area contributed by atoms with Crippen LogP contribution in [0.4, 0.5) is 0 Å². The smallest absolute Gasteiger partial charge is 0.344 e. The van der Waals surface area contributed by atoms with Gasteiger partial charge in [-0.1, -0.05) is 41.2 Å². The van der Waals surface area contributed by atoms with Crippen LogP contribution in [0, 0.1) is 10.5 Å². The molecule has 0 unspecified atom stereocenters. The molecule has 1 aromatic heterocycles. The van der Waals surface area contributed by atoms with Gasteiger partial charge in [0.05, 0.1) is 45.2 Å². The monoisotopic (exact) mass is 690 g/mol. The van der Waals surface area contributed by atoms with Crippen LogP contribution < -0.4 is 24.4 Å². The van der Waals surface area contributed by atoms with E-state index in [1.165, 1.54) is 11.3 Å². The summed E-state index contributed by atoms with van der Waals surface area (Å²) in [5.74, 6) is -0.103. The summed E-state index contributed by atoms with van der Waals surface area (Å²) in [5.41, 5.74) is 3.14. The van der Waals surface area contributed by atoms with Gasteiger partial charge in [0, 0.05) is 0 Å². The summed E-state index contributed by atoms with van der Waals surface area (Å²) in [7, 11) is 0. The second-order valence-corrected chi connectivity index (χ2v) is 11.2. The highest BCUT2D eigenvalue weighted by molar-refractivity contribution is 14.1. The number of hydrogen-bond acceptors (Lipinski definition) is 9. The summed E-state index contributed by atoms with van der Waals surface area (Å²) >= 11 is 3.35. The van der Waals surface area contributed by atoms with E-state index in [0.29, 0.717) is 47.8 Å². The fourth-order valence-electron chi connectivity index (χ4n) is 4.42. The molecule has 1 aliphatic rings. The number of carbonyl (C=O) groups excluding carboxylic acids is 2. The zero-order valence-electron chi connectivity index (χ0n) is 23.5. The Bertz CT molecular complexity index is 1670. The lowest BCUT2D eigenvalue weighted by Crippen LogP contribution is -2.39. The van der Waals surface area contributed by atoms with E-state index in [2.05, 4.69) is 27.6 Å². The van der Waals surface area contributed by atoms with Gasteiger partial charge in [-0.15, -0.1) is 0 Å². The highest BCUT2D eigenvalue weighted by Crippen LogP contribution is 2.35. The molecule has 0 N–H and O–H groups in total. The van der Waals surface area contributed by atoms with Gasteiger partial charge in [0.15, 0.2) is 22.9 Å². The SMILES string of the molecule is CCOC(=O)COc1c(I)cc(/C=c2/sc3n(c2=O)[C@@H](c2ccc(C)cc2)C(C(=O)OCC)=C(C)N=3)cc1OCC. The number of hydrogen-bond donors (Lipinski definition) is 0. The van der Waals surface area contributed by atoms with E-state index in [1.54, 1.807) is 37.5 Å². The number of thiazole rings is 1.